The van der Waals surface area contributed by atoms with Gasteiger partial charge in [0.1, 0.15) is 5.75 Å². The molecule has 1 rings (SSSR count). The minimum Gasteiger partial charge on any atom is -0.481 e. The van der Waals surface area contributed by atoms with Crippen LogP contribution < -0.4 is 10.1 Å². The van der Waals surface area contributed by atoms with Gasteiger partial charge in [-0.2, -0.15) is 0 Å². The van der Waals surface area contributed by atoms with E-state index in [0.717, 1.165) is 11.3 Å². The Bertz CT molecular complexity index is 393. The molecule has 1 N–H and O–H groups in total. The zero-order valence-electron chi connectivity index (χ0n) is 11.2. The van der Waals surface area contributed by atoms with Crippen molar-refractivity contribution in [2.24, 2.45) is 0 Å². The third-order valence-corrected chi connectivity index (χ3v) is 2.26. The molecule has 0 bridgehead atoms. The molecule has 0 heterocycles. The van der Waals surface area contributed by atoms with Gasteiger partial charge in [-0.05, 0) is 46.2 Å². The molecule has 0 spiro atoms. The van der Waals surface area contributed by atoms with E-state index < -0.39 is 6.10 Å². The van der Waals surface area contributed by atoms with Crippen LogP contribution in [0.15, 0.2) is 24.3 Å². The lowest BCUT2D eigenvalue weighted by Crippen LogP contribution is -2.46. The highest BCUT2D eigenvalue weighted by atomic mass is 16.5. The summed E-state index contributed by atoms with van der Waals surface area (Å²) >= 11 is 0. The van der Waals surface area contributed by atoms with Gasteiger partial charge in [0.05, 0.1) is 0 Å². The molecular weight excluding hydrogens is 214 g/mol. The van der Waals surface area contributed by atoms with Gasteiger partial charge < -0.3 is 10.1 Å². The summed E-state index contributed by atoms with van der Waals surface area (Å²) in [6, 6.07) is 7.68. The molecule has 1 amide bonds. The van der Waals surface area contributed by atoms with Crippen LogP contribution in [0.3, 0.4) is 0 Å². The lowest BCUT2D eigenvalue weighted by molar-refractivity contribution is -0.128. The average Bonchev–Trinajstić information content (AvgIpc) is 2.18. The first-order valence-electron chi connectivity index (χ1n) is 5.84. The third-order valence-electron chi connectivity index (χ3n) is 2.26. The summed E-state index contributed by atoms with van der Waals surface area (Å²) in [6.45, 7) is 9.57. The van der Waals surface area contributed by atoms with E-state index in [4.69, 9.17) is 4.74 Å². The summed E-state index contributed by atoms with van der Waals surface area (Å²) < 4.78 is 5.64. The summed E-state index contributed by atoms with van der Waals surface area (Å²) in [5.74, 6) is 0.657. The smallest absolute Gasteiger partial charge is 0.261 e. The van der Waals surface area contributed by atoms with Crippen molar-refractivity contribution >= 4 is 5.91 Å². The monoisotopic (exact) mass is 235 g/mol. The minimum absolute atomic E-state index is 0.0965. The van der Waals surface area contributed by atoms with E-state index in [1.54, 1.807) is 6.92 Å². The number of carbonyl (C=O) groups excluding carboxylic acids is 1. The molecule has 0 fully saturated rings. The Morgan fingerprint density at radius 3 is 2.41 bits per heavy atom. The fraction of sp³-hybridized carbons (Fsp3) is 0.500. The predicted molar refractivity (Wildman–Crippen MR) is 69.2 cm³/mol. The molecule has 0 aliphatic carbocycles. The second kappa shape index (κ2) is 5.21. The number of hydrogen-bond donors (Lipinski definition) is 1. The first-order chi connectivity index (χ1) is 7.79. The number of rotatable bonds is 3. The molecule has 0 aliphatic rings. The van der Waals surface area contributed by atoms with Crippen molar-refractivity contribution in [3.63, 3.8) is 0 Å². The molecule has 0 unspecified atom stereocenters. The van der Waals surface area contributed by atoms with Gasteiger partial charge in [-0.25, -0.2) is 0 Å². The standard InChI is InChI=1S/C14H21NO2/c1-10-8-6-7-9-12(10)17-11(2)13(16)15-14(3,4)5/h6-9,11H,1-5H3,(H,15,16)/t11-/m0/s1. The molecule has 17 heavy (non-hydrogen) atoms. The normalized spacial score (nSPS) is 13.0. The number of nitrogens with one attached hydrogen (secondary N) is 1. The number of aryl methyl sites for hydroxylation is 1. The Morgan fingerprint density at radius 2 is 1.88 bits per heavy atom. The van der Waals surface area contributed by atoms with Gasteiger partial charge in [0, 0.05) is 5.54 Å². The van der Waals surface area contributed by atoms with Crippen LogP contribution >= 0.6 is 0 Å². The van der Waals surface area contributed by atoms with E-state index in [2.05, 4.69) is 5.32 Å². The first kappa shape index (κ1) is 13.6. The van der Waals surface area contributed by atoms with Gasteiger partial charge in [-0.1, -0.05) is 18.2 Å². The van der Waals surface area contributed by atoms with E-state index >= 15 is 0 Å². The number of amides is 1. The second-order valence-corrected chi connectivity index (χ2v) is 5.26. The number of carbonyl (C=O) groups is 1. The van der Waals surface area contributed by atoms with Crippen LogP contribution in [-0.4, -0.2) is 17.6 Å². The van der Waals surface area contributed by atoms with Crippen LogP contribution in [0, 0.1) is 6.92 Å². The van der Waals surface area contributed by atoms with Crippen LogP contribution in [0.2, 0.25) is 0 Å². The van der Waals surface area contributed by atoms with Crippen molar-refractivity contribution in [1.82, 2.24) is 5.32 Å². The zero-order valence-corrected chi connectivity index (χ0v) is 11.2. The molecule has 3 heteroatoms. The van der Waals surface area contributed by atoms with Crippen molar-refractivity contribution in [2.45, 2.75) is 46.3 Å². The van der Waals surface area contributed by atoms with Crippen LogP contribution in [0.25, 0.3) is 0 Å². The molecule has 0 saturated carbocycles. The van der Waals surface area contributed by atoms with Crippen molar-refractivity contribution in [1.29, 1.82) is 0 Å². The van der Waals surface area contributed by atoms with Crippen LogP contribution in [-0.2, 0) is 4.79 Å². The Hall–Kier alpha value is -1.51. The fourth-order valence-electron chi connectivity index (χ4n) is 1.40. The highest BCUT2D eigenvalue weighted by Gasteiger charge is 2.20. The van der Waals surface area contributed by atoms with E-state index in [-0.39, 0.29) is 11.4 Å². The number of para-hydroxylation sites is 1. The maximum Gasteiger partial charge on any atom is 0.261 e. The van der Waals surface area contributed by atoms with Gasteiger partial charge >= 0.3 is 0 Å². The zero-order chi connectivity index (χ0) is 13.1. The number of hydrogen-bond acceptors (Lipinski definition) is 2. The van der Waals surface area contributed by atoms with Crippen molar-refractivity contribution in [2.75, 3.05) is 0 Å². The predicted octanol–water partition coefficient (Wildman–Crippen LogP) is 2.68. The topological polar surface area (TPSA) is 38.3 Å². The summed E-state index contributed by atoms with van der Waals surface area (Å²) in [5, 5.41) is 2.89. The molecule has 0 aromatic heterocycles. The summed E-state index contributed by atoms with van der Waals surface area (Å²) in [4.78, 5) is 11.8. The van der Waals surface area contributed by atoms with Crippen molar-refractivity contribution in [3.05, 3.63) is 29.8 Å². The summed E-state index contributed by atoms with van der Waals surface area (Å²) in [6.07, 6.45) is -0.490. The SMILES string of the molecule is Cc1ccccc1O[C@@H](C)C(=O)NC(C)(C)C. The Morgan fingerprint density at radius 1 is 1.29 bits per heavy atom. The maximum atomic E-state index is 11.8. The summed E-state index contributed by atoms with van der Waals surface area (Å²) in [5.41, 5.74) is 0.795. The second-order valence-electron chi connectivity index (χ2n) is 5.26. The fourth-order valence-corrected chi connectivity index (χ4v) is 1.40. The quantitative estimate of drug-likeness (QED) is 0.874. The highest BCUT2D eigenvalue weighted by Crippen LogP contribution is 2.18. The Balaban J connectivity index is 2.64. The lowest BCUT2D eigenvalue weighted by atomic mass is 10.1. The maximum absolute atomic E-state index is 11.8. The lowest BCUT2D eigenvalue weighted by Gasteiger charge is -2.24. The largest absolute Gasteiger partial charge is 0.481 e. The molecule has 1 aromatic carbocycles. The Labute approximate surface area is 103 Å². The van der Waals surface area contributed by atoms with Gasteiger partial charge in [0.25, 0.3) is 5.91 Å². The number of benzene rings is 1. The van der Waals surface area contributed by atoms with Gasteiger partial charge in [-0.15, -0.1) is 0 Å². The van der Waals surface area contributed by atoms with E-state index in [9.17, 15) is 4.79 Å². The molecule has 0 saturated heterocycles. The number of ether oxygens (including phenoxy) is 1. The van der Waals surface area contributed by atoms with Crippen molar-refractivity contribution < 1.29 is 9.53 Å². The molecule has 3 nitrogen and oxygen atoms in total. The van der Waals surface area contributed by atoms with Crippen LogP contribution in [0.5, 0.6) is 5.75 Å². The molecule has 0 radical (unpaired) electrons. The van der Waals surface area contributed by atoms with Gasteiger partial charge in [-0.3, -0.25) is 4.79 Å². The van der Waals surface area contributed by atoms with Crippen LogP contribution in [0.4, 0.5) is 0 Å². The van der Waals surface area contributed by atoms with E-state index in [0.29, 0.717) is 0 Å². The molecular formula is C14H21NO2. The average molecular weight is 235 g/mol. The van der Waals surface area contributed by atoms with Gasteiger partial charge in [0.2, 0.25) is 0 Å². The molecule has 1 atom stereocenters. The third kappa shape index (κ3) is 4.47. The van der Waals surface area contributed by atoms with Crippen molar-refractivity contribution in [3.8, 4) is 5.75 Å². The van der Waals surface area contributed by atoms with E-state index in [1.807, 2.05) is 52.0 Å². The van der Waals surface area contributed by atoms with Gasteiger partial charge in [0.15, 0.2) is 6.10 Å². The minimum atomic E-state index is -0.490. The molecule has 1 aromatic rings. The Kier molecular flexibility index (Phi) is 4.16. The van der Waals surface area contributed by atoms with Crippen LogP contribution in [0.1, 0.15) is 33.3 Å². The molecule has 94 valence electrons. The highest BCUT2D eigenvalue weighted by molar-refractivity contribution is 5.81. The first-order valence-corrected chi connectivity index (χ1v) is 5.84. The van der Waals surface area contributed by atoms with E-state index in [1.165, 1.54) is 0 Å². The molecule has 0 aliphatic heterocycles. The summed E-state index contributed by atoms with van der Waals surface area (Å²) in [7, 11) is 0.